The van der Waals surface area contributed by atoms with E-state index in [4.69, 9.17) is 19.9 Å². The highest BCUT2D eigenvalue weighted by Crippen LogP contribution is 2.32. The summed E-state index contributed by atoms with van der Waals surface area (Å²) in [6.45, 7) is 0. The molecule has 2 aromatic carbocycles. The molecular formula is C15H15NO4. The molecule has 2 aromatic rings. The minimum absolute atomic E-state index is 0.281. The van der Waals surface area contributed by atoms with E-state index in [2.05, 4.69) is 0 Å². The van der Waals surface area contributed by atoms with Crippen molar-refractivity contribution in [2.45, 2.75) is 0 Å². The maximum atomic E-state index is 11.7. The minimum Gasteiger partial charge on any atom is -0.497 e. The Bertz CT molecular complexity index is 608. The monoisotopic (exact) mass is 273 g/mol. The fourth-order valence-electron chi connectivity index (χ4n) is 1.70. The molecule has 0 saturated heterocycles. The molecule has 0 bridgehead atoms. The molecule has 0 atom stereocenters. The van der Waals surface area contributed by atoms with Crippen molar-refractivity contribution in [2.75, 3.05) is 20.0 Å². The first-order valence-electron chi connectivity index (χ1n) is 5.94. The lowest BCUT2D eigenvalue weighted by Gasteiger charge is -2.12. The fourth-order valence-corrected chi connectivity index (χ4v) is 1.70. The fraction of sp³-hybridized carbons (Fsp3) is 0.133. The molecule has 0 unspecified atom stereocenters. The Morgan fingerprint density at radius 1 is 1.00 bits per heavy atom. The Balaban J connectivity index is 2.34. The lowest BCUT2D eigenvalue weighted by atomic mass is 10.1. The second kappa shape index (κ2) is 5.97. The van der Waals surface area contributed by atoms with Crippen LogP contribution in [0.2, 0.25) is 0 Å². The number of benzene rings is 2. The maximum absolute atomic E-state index is 11.7. The highest BCUT2D eigenvalue weighted by atomic mass is 16.5. The van der Waals surface area contributed by atoms with Gasteiger partial charge in [0.25, 0.3) is 0 Å². The molecule has 20 heavy (non-hydrogen) atoms. The molecule has 0 heterocycles. The Hall–Kier alpha value is -2.69. The van der Waals surface area contributed by atoms with Crippen molar-refractivity contribution in [3.8, 4) is 17.2 Å². The van der Waals surface area contributed by atoms with Gasteiger partial charge in [-0.2, -0.15) is 0 Å². The topological polar surface area (TPSA) is 70.8 Å². The molecule has 2 rings (SSSR count). The molecule has 0 radical (unpaired) electrons. The third kappa shape index (κ3) is 2.83. The lowest BCUT2D eigenvalue weighted by Crippen LogP contribution is -2.05. The van der Waals surface area contributed by atoms with E-state index in [1.165, 1.54) is 7.11 Å². The average molecular weight is 273 g/mol. The van der Waals surface area contributed by atoms with Gasteiger partial charge in [0.1, 0.15) is 17.1 Å². The van der Waals surface area contributed by atoms with E-state index in [-0.39, 0.29) is 11.3 Å². The van der Waals surface area contributed by atoms with Crippen molar-refractivity contribution in [1.29, 1.82) is 0 Å². The summed E-state index contributed by atoms with van der Waals surface area (Å²) in [6, 6.07) is 11.9. The van der Waals surface area contributed by atoms with Crippen LogP contribution in [0.4, 0.5) is 5.69 Å². The number of hydrogen-bond donors (Lipinski definition) is 1. The van der Waals surface area contributed by atoms with Crippen molar-refractivity contribution in [2.24, 2.45) is 0 Å². The quantitative estimate of drug-likeness (QED) is 0.685. The summed E-state index contributed by atoms with van der Waals surface area (Å²) in [7, 11) is 2.89. The van der Waals surface area contributed by atoms with Crippen LogP contribution in [0.5, 0.6) is 17.2 Å². The number of rotatable bonds is 4. The van der Waals surface area contributed by atoms with Gasteiger partial charge in [0.15, 0.2) is 5.75 Å². The van der Waals surface area contributed by atoms with Crippen LogP contribution in [0.1, 0.15) is 10.4 Å². The lowest BCUT2D eigenvalue weighted by molar-refractivity contribution is 0.0598. The number of carbonyl (C=O) groups excluding carboxylic acids is 1. The Morgan fingerprint density at radius 3 is 2.25 bits per heavy atom. The Kier molecular flexibility index (Phi) is 4.10. The summed E-state index contributed by atoms with van der Waals surface area (Å²) >= 11 is 0. The molecule has 2 N–H and O–H groups in total. The van der Waals surface area contributed by atoms with Crippen LogP contribution in [-0.4, -0.2) is 20.2 Å². The number of methoxy groups -OCH3 is 2. The van der Waals surface area contributed by atoms with Crippen molar-refractivity contribution >= 4 is 11.7 Å². The van der Waals surface area contributed by atoms with E-state index in [1.807, 2.05) is 0 Å². The molecular weight excluding hydrogens is 258 g/mol. The third-order valence-electron chi connectivity index (χ3n) is 2.73. The van der Waals surface area contributed by atoms with Crippen molar-refractivity contribution in [1.82, 2.24) is 0 Å². The van der Waals surface area contributed by atoms with Gasteiger partial charge in [-0.15, -0.1) is 0 Å². The zero-order valence-electron chi connectivity index (χ0n) is 11.3. The van der Waals surface area contributed by atoms with Crippen LogP contribution in [-0.2, 0) is 4.74 Å². The van der Waals surface area contributed by atoms with Crippen LogP contribution in [0, 0.1) is 0 Å². The van der Waals surface area contributed by atoms with E-state index < -0.39 is 5.97 Å². The van der Waals surface area contributed by atoms with E-state index >= 15 is 0 Å². The molecule has 5 heteroatoms. The number of nitrogens with two attached hydrogens (primary N) is 1. The summed E-state index contributed by atoms with van der Waals surface area (Å²) < 4.78 is 15.5. The standard InChI is InChI=1S/C15H15NO4/c1-18-10-6-8-11(9-7-10)20-14-12(15(17)19-2)4-3-5-13(14)16/h3-9H,16H2,1-2H3. The third-order valence-corrected chi connectivity index (χ3v) is 2.73. The zero-order chi connectivity index (χ0) is 14.5. The van der Waals surface area contributed by atoms with E-state index in [9.17, 15) is 4.79 Å². The van der Waals surface area contributed by atoms with Crippen molar-refractivity contribution < 1.29 is 19.0 Å². The minimum atomic E-state index is -0.499. The summed E-state index contributed by atoms with van der Waals surface area (Å²) in [5.41, 5.74) is 6.51. The van der Waals surface area contributed by atoms with Gasteiger partial charge < -0.3 is 19.9 Å². The van der Waals surface area contributed by atoms with Gasteiger partial charge in [0.05, 0.1) is 19.9 Å². The molecule has 0 aliphatic carbocycles. The molecule has 0 aliphatic heterocycles. The number of hydrogen-bond acceptors (Lipinski definition) is 5. The molecule has 0 amide bonds. The van der Waals surface area contributed by atoms with Crippen molar-refractivity contribution in [3.05, 3.63) is 48.0 Å². The highest BCUT2D eigenvalue weighted by molar-refractivity contribution is 5.94. The van der Waals surface area contributed by atoms with Crippen LogP contribution in [0.3, 0.4) is 0 Å². The number of anilines is 1. The first-order valence-corrected chi connectivity index (χ1v) is 5.94. The van der Waals surface area contributed by atoms with Crippen LogP contribution in [0.15, 0.2) is 42.5 Å². The Labute approximate surface area is 116 Å². The molecule has 5 nitrogen and oxygen atoms in total. The van der Waals surface area contributed by atoms with E-state index in [0.717, 1.165) is 0 Å². The van der Waals surface area contributed by atoms with Gasteiger partial charge in [0.2, 0.25) is 0 Å². The summed E-state index contributed by atoms with van der Waals surface area (Å²) in [4.78, 5) is 11.7. The normalized spacial score (nSPS) is 9.90. The highest BCUT2D eigenvalue weighted by Gasteiger charge is 2.16. The van der Waals surface area contributed by atoms with Gasteiger partial charge in [-0.25, -0.2) is 4.79 Å². The number of para-hydroxylation sites is 1. The molecule has 0 aliphatic rings. The van der Waals surface area contributed by atoms with Crippen LogP contribution < -0.4 is 15.2 Å². The number of carbonyl (C=O) groups is 1. The van der Waals surface area contributed by atoms with Gasteiger partial charge in [-0.05, 0) is 36.4 Å². The predicted octanol–water partition coefficient (Wildman–Crippen LogP) is 2.86. The van der Waals surface area contributed by atoms with Gasteiger partial charge in [-0.3, -0.25) is 0 Å². The Morgan fingerprint density at radius 2 is 1.65 bits per heavy atom. The number of nitrogen functional groups attached to an aromatic ring is 1. The van der Waals surface area contributed by atoms with Crippen molar-refractivity contribution in [3.63, 3.8) is 0 Å². The first kappa shape index (κ1) is 13.7. The molecule has 0 spiro atoms. The molecule has 104 valence electrons. The van der Waals surface area contributed by atoms with E-state index in [0.29, 0.717) is 17.2 Å². The predicted molar refractivity (Wildman–Crippen MR) is 75.3 cm³/mol. The van der Waals surface area contributed by atoms with Crippen LogP contribution in [0.25, 0.3) is 0 Å². The second-order valence-corrected chi connectivity index (χ2v) is 3.99. The molecule has 0 saturated carbocycles. The van der Waals surface area contributed by atoms with E-state index in [1.54, 1.807) is 49.6 Å². The maximum Gasteiger partial charge on any atom is 0.341 e. The van der Waals surface area contributed by atoms with Gasteiger partial charge in [-0.1, -0.05) is 6.07 Å². The zero-order valence-corrected chi connectivity index (χ0v) is 11.3. The van der Waals surface area contributed by atoms with Gasteiger partial charge >= 0.3 is 5.97 Å². The van der Waals surface area contributed by atoms with Gasteiger partial charge in [0, 0.05) is 0 Å². The van der Waals surface area contributed by atoms with Crippen LogP contribution >= 0.6 is 0 Å². The SMILES string of the molecule is COC(=O)c1cccc(N)c1Oc1ccc(OC)cc1. The first-order chi connectivity index (χ1) is 9.65. The largest absolute Gasteiger partial charge is 0.497 e. The number of esters is 1. The smallest absolute Gasteiger partial charge is 0.341 e. The number of ether oxygens (including phenoxy) is 3. The summed E-state index contributed by atoms with van der Waals surface area (Å²) in [5, 5.41) is 0. The summed E-state index contributed by atoms with van der Waals surface area (Å²) in [5.74, 6) is 1.05. The summed E-state index contributed by atoms with van der Waals surface area (Å²) in [6.07, 6.45) is 0. The average Bonchev–Trinajstić information content (AvgIpc) is 2.49. The second-order valence-electron chi connectivity index (χ2n) is 3.99. The molecule has 0 aromatic heterocycles. The molecule has 0 fully saturated rings.